The van der Waals surface area contributed by atoms with E-state index in [1.165, 1.54) is 0 Å². The zero-order valence-electron chi connectivity index (χ0n) is 10.0. The predicted octanol–water partition coefficient (Wildman–Crippen LogP) is 3.15. The fourth-order valence-electron chi connectivity index (χ4n) is 2.46. The largest absolute Gasteiger partial charge is 0.392 e. The summed E-state index contributed by atoms with van der Waals surface area (Å²) in [5.41, 5.74) is 0.743. The number of aliphatic hydroxyl groups is 1. The molecule has 1 aromatic rings. The highest BCUT2D eigenvalue weighted by Gasteiger charge is 2.39. The van der Waals surface area contributed by atoms with Crippen molar-refractivity contribution in [2.45, 2.75) is 31.8 Å². The Morgan fingerprint density at radius 1 is 1.41 bits per heavy atom. The van der Waals surface area contributed by atoms with Gasteiger partial charge in [-0.2, -0.15) is 0 Å². The van der Waals surface area contributed by atoms with E-state index in [1.54, 1.807) is 0 Å². The van der Waals surface area contributed by atoms with Gasteiger partial charge in [-0.15, -0.1) is 6.58 Å². The molecule has 2 rings (SSSR count). The topological polar surface area (TPSA) is 20.2 Å². The van der Waals surface area contributed by atoms with Gasteiger partial charge in [0.25, 0.3) is 0 Å². The van der Waals surface area contributed by atoms with Gasteiger partial charge in [0.1, 0.15) is 0 Å². The molecule has 0 spiro atoms. The minimum Gasteiger partial charge on any atom is -0.392 e. The van der Waals surface area contributed by atoms with Gasteiger partial charge in [-0.05, 0) is 37.8 Å². The zero-order chi connectivity index (χ0) is 12.1. The van der Waals surface area contributed by atoms with Gasteiger partial charge in [-0.1, -0.05) is 36.1 Å². The van der Waals surface area contributed by atoms with Crippen LogP contribution in [0.3, 0.4) is 0 Å². The average Bonchev–Trinajstić information content (AvgIpc) is 2.71. The highest BCUT2D eigenvalue weighted by molar-refractivity contribution is 5.36. The van der Waals surface area contributed by atoms with Crippen LogP contribution in [-0.2, 0) is 0 Å². The van der Waals surface area contributed by atoms with Crippen molar-refractivity contribution in [2.24, 2.45) is 5.41 Å². The molecule has 0 bridgehead atoms. The minimum atomic E-state index is -0.309. The summed E-state index contributed by atoms with van der Waals surface area (Å²) in [5, 5.41) is 10.1. The zero-order valence-corrected chi connectivity index (χ0v) is 10.0. The third-order valence-corrected chi connectivity index (χ3v) is 3.48. The van der Waals surface area contributed by atoms with E-state index in [9.17, 15) is 5.11 Å². The highest BCUT2D eigenvalue weighted by atomic mass is 16.3. The lowest BCUT2D eigenvalue weighted by Gasteiger charge is -2.25. The molecule has 1 aliphatic carbocycles. The summed E-state index contributed by atoms with van der Waals surface area (Å²) in [6.07, 6.45) is 5.22. The highest BCUT2D eigenvalue weighted by Crippen LogP contribution is 2.41. The monoisotopic (exact) mass is 226 g/mol. The molecule has 17 heavy (non-hydrogen) atoms. The van der Waals surface area contributed by atoms with Gasteiger partial charge in [0.15, 0.2) is 0 Å². The summed E-state index contributed by atoms with van der Waals surface area (Å²) in [5.74, 6) is 6.48. The molecule has 0 amide bonds. The van der Waals surface area contributed by atoms with Gasteiger partial charge in [0.05, 0.1) is 11.5 Å². The van der Waals surface area contributed by atoms with E-state index in [-0.39, 0.29) is 11.5 Å². The molecule has 2 atom stereocenters. The first-order chi connectivity index (χ1) is 8.27. The van der Waals surface area contributed by atoms with Crippen molar-refractivity contribution >= 4 is 0 Å². The Morgan fingerprint density at radius 2 is 2.18 bits per heavy atom. The molecule has 0 unspecified atom stereocenters. The Balaban J connectivity index is 2.25. The molecule has 88 valence electrons. The van der Waals surface area contributed by atoms with Crippen LogP contribution in [-0.4, -0.2) is 11.2 Å². The average molecular weight is 226 g/mol. The molecule has 1 saturated carbocycles. The minimum absolute atomic E-state index is 0.266. The first-order valence-corrected chi connectivity index (χ1v) is 6.14. The Kier molecular flexibility index (Phi) is 3.66. The van der Waals surface area contributed by atoms with E-state index >= 15 is 0 Å². The standard InChI is InChI=1S/C16H18O/c1-2-11-16(12-6-9-15(16)17)13-10-14-7-4-3-5-8-14/h2-5,7-8,15,17H,1,6,9,11-12H2/t15-,16-/m1/s1. The molecule has 1 fully saturated rings. The van der Waals surface area contributed by atoms with Crippen molar-refractivity contribution in [3.63, 3.8) is 0 Å². The quantitative estimate of drug-likeness (QED) is 0.606. The van der Waals surface area contributed by atoms with Crippen LogP contribution in [0, 0.1) is 17.3 Å². The molecular formula is C16H18O. The van der Waals surface area contributed by atoms with Crippen molar-refractivity contribution in [2.75, 3.05) is 0 Å². The third kappa shape index (κ3) is 2.60. The van der Waals surface area contributed by atoms with E-state index in [4.69, 9.17) is 0 Å². The fraction of sp³-hybridized carbons (Fsp3) is 0.375. The molecule has 0 aromatic heterocycles. The molecule has 0 heterocycles. The van der Waals surface area contributed by atoms with Crippen LogP contribution in [0.25, 0.3) is 0 Å². The van der Waals surface area contributed by atoms with E-state index in [2.05, 4.69) is 18.4 Å². The smallest absolute Gasteiger partial charge is 0.0708 e. The summed E-state index contributed by atoms with van der Waals surface area (Å²) in [7, 11) is 0. The first-order valence-electron chi connectivity index (χ1n) is 6.14. The summed E-state index contributed by atoms with van der Waals surface area (Å²) in [6, 6.07) is 9.94. The molecule has 1 aliphatic rings. The van der Waals surface area contributed by atoms with Gasteiger partial charge in [0, 0.05) is 5.56 Å². The predicted molar refractivity (Wildman–Crippen MR) is 70.4 cm³/mol. The van der Waals surface area contributed by atoms with Gasteiger partial charge in [-0.3, -0.25) is 0 Å². The van der Waals surface area contributed by atoms with E-state index < -0.39 is 0 Å². The second-order valence-corrected chi connectivity index (χ2v) is 4.67. The van der Waals surface area contributed by atoms with Gasteiger partial charge < -0.3 is 5.11 Å². The number of allylic oxidation sites excluding steroid dienone is 1. The van der Waals surface area contributed by atoms with Crippen LogP contribution in [0.5, 0.6) is 0 Å². The van der Waals surface area contributed by atoms with Crippen molar-refractivity contribution in [1.82, 2.24) is 0 Å². The maximum absolute atomic E-state index is 10.1. The van der Waals surface area contributed by atoms with Crippen LogP contribution in [0.15, 0.2) is 43.0 Å². The number of hydrogen-bond acceptors (Lipinski definition) is 1. The van der Waals surface area contributed by atoms with E-state index in [1.807, 2.05) is 36.4 Å². The second kappa shape index (κ2) is 5.21. The molecule has 0 radical (unpaired) electrons. The van der Waals surface area contributed by atoms with E-state index in [0.29, 0.717) is 0 Å². The van der Waals surface area contributed by atoms with Gasteiger partial charge >= 0.3 is 0 Å². The van der Waals surface area contributed by atoms with Gasteiger partial charge in [0.2, 0.25) is 0 Å². The second-order valence-electron chi connectivity index (χ2n) is 4.67. The maximum Gasteiger partial charge on any atom is 0.0708 e. The summed E-state index contributed by atoms with van der Waals surface area (Å²) in [4.78, 5) is 0. The van der Waals surface area contributed by atoms with Crippen molar-refractivity contribution < 1.29 is 5.11 Å². The molecule has 0 aliphatic heterocycles. The summed E-state index contributed by atoms with van der Waals surface area (Å²) >= 11 is 0. The summed E-state index contributed by atoms with van der Waals surface area (Å²) < 4.78 is 0. The molecular weight excluding hydrogens is 208 g/mol. The van der Waals surface area contributed by atoms with Crippen LogP contribution in [0.2, 0.25) is 0 Å². The Hall–Kier alpha value is -1.52. The van der Waals surface area contributed by atoms with Crippen LogP contribution in [0.1, 0.15) is 31.2 Å². The third-order valence-electron chi connectivity index (χ3n) is 3.48. The van der Waals surface area contributed by atoms with Crippen molar-refractivity contribution in [3.05, 3.63) is 48.6 Å². The Bertz CT molecular complexity index is 438. The number of hydrogen-bond donors (Lipinski definition) is 1. The molecule has 1 nitrogen and oxygen atoms in total. The lowest BCUT2D eigenvalue weighted by molar-refractivity contribution is 0.0949. The Morgan fingerprint density at radius 3 is 2.76 bits per heavy atom. The fourth-order valence-corrected chi connectivity index (χ4v) is 2.46. The molecule has 1 aromatic carbocycles. The van der Waals surface area contributed by atoms with Crippen LogP contribution < -0.4 is 0 Å². The molecule has 1 N–H and O–H groups in total. The number of aliphatic hydroxyl groups excluding tert-OH is 1. The van der Waals surface area contributed by atoms with Crippen molar-refractivity contribution in [1.29, 1.82) is 0 Å². The Labute approximate surface area is 103 Å². The number of rotatable bonds is 2. The number of benzene rings is 1. The summed E-state index contributed by atoms with van der Waals surface area (Å²) in [6.45, 7) is 3.78. The first kappa shape index (κ1) is 12.0. The normalized spacial score (nSPS) is 27.2. The SMILES string of the molecule is C=CC[C@]1(C#Cc2ccccc2)CCC[C@H]1O. The van der Waals surface area contributed by atoms with E-state index in [0.717, 1.165) is 31.2 Å². The van der Waals surface area contributed by atoms with Crippen LogP contribution in [0.4, 0.5) is 0 Å². The lowest BCUT2D eigenvalue weighted by Crippen LogP contribution is -2.27. The van der Waals surface area contributed by atoms with Crippen molar-refractivity contribution in [3.8, 4) is 11.8 Å². The molecule has 1 heteroatoms. The maximum atomic E-state index is 10.1. The van der Waals surface area contributed by atoms with Crippen LogP contribution >= 0.6 is 0 Å². The lowest BCUT2D eigenvalue weighted by atomic mass is 9.81. The van der Waals surface area contributed by atoms with Gasteiger partial charge in [-0.25, -0.2) is 0 Å². The molecule has 0 saturated heterocycles.